The molecule has 3 rings (SSSR count). The van der Waals surface area contributed by atoms with Gasteiger partial charge in [-0.15, -0.1) is 0 Å². The molecule has 28 heavy (non-hydrogen) atoms. The molecule has 2 bridgehead atoms. The molecule has 0 saturated carbocycles. The molecule has 2 aliphatic rings. The lowest BCUT2D eigenvalue weighted by Crippen LogP contribution is -2.43. The summed E-state index contributed by atoms with van der Waals surface area (Å²) in [7, 11) is 0. The SMILES string of the molecule is CC(C)(C)OC(=O)N1C2CC(c3ccccn3)C1C(C(F)(F)F)=C2C(F)(F)F. The summed E-state index contributed by atoms with van der Waals surface area (Å²) < 4.78 is 86.9. The number of carbonyl (C=O) groups is 1. The summed E-state index contributed by atoms with van der Waals surface area (Å²) in [6.07, 6.45) is -10.6. The van der Waals surface area contributed by atoms with Crippen LogP contribution in [0.3, 0.4) is 0 Å². The Morgan fingerprint density at radius 3 is 2.14 bits per heavy atom. The van der Waals surface area contributed by atoms with Crippen molar-refractivity contribution in [1.82, 2.24) is 9.88 Å². The van der Waals surface area contributed by atoms with Gasteiger partial charge in [0, 0.05) is 17.8 Å². The molecule has 3 atom stereocenters. The molecule has 3 heterocycles. The Hall–Kier alpha value is -2.26. The van der Waals surface area contributed by atoms with Crippen molar-refractivity contribution in [1.29, 1.82) is 0 Å². The molecule has 1 saturated heterocycles. The van der Waals surface area contributed by atoms with Gasteiger partial charge in [0.1, 0.15) is 5.60 Å². The largest absolute Gasteiger partial charge is 0.444 e. The highest BCUT2D eigenvalue weighted by molar-refractivity contribution is 5.73. The Bertz CT molecular complexity index is 795. The summed E-state index contributed by atoms with van der Waals surface area (Å²) in [5, 5.41) is 0. The molecule has 3 unspecified atom stereocenters. The number of carbonyl (C=O) groups excluding carboxylic acids is 1. The first-order valence-corrected chi connectivity index (χ1v) is 8.52. The second-order valence-corrected chi connectivity index (χ2v) is 7.77. The van der Waals surface area contributed by atoms with E-state index in [0.29, 0.717) is 4.90 Å². The van der Waals surface area contributed by atoms with Gasteiger partial charge in [0.25, 0.3) is 0 Å². The van der Waals surface area contributed by atoms with Gasteiger partial charge >= 0.3 is 18.4 Å². The topological polar surface area (TPSA) is 42.4 Å². The highest BCUT2D eigenvalue weighted by Crippen LogP contribution is 2.57. The van der Waals surface area contributed by atoms with Gasteiger partial charge in [0.15, 0.2) is 0 Å². The molecule has 4 nitrogen and oxygen atoms in total. The van der Waals surface area contributed by atoms with Crippen LogP contribution in [0.1, 0.15) is 38.8 Å². The van der Waals surface area contributed by atoms with Crippen molar-refractivity contribution >= 4 is 6.09 Å². The minimum Gasteiger partial charge on any atom is -0.444 e. The van der Waals surface area contributed by atoms with Gasteiger partial charge in [-0.1, -0.05) is 6.07 Å². The lowest BCUT2D eigenvalue weighted by molar-refractivity contribution is -0.118. The Kier molecular flexibility index (Phi) is 4.67. The summed E-state index contributed by atoms with van der Waals surface area (Å²) in [5.74, 6) is -1.01. The normalized spacial score (nSPS) is 25.5. The van der Waals surface area contributed by atoms with Gasteiger partial charge < -0.3 is 4.74 Å². The molecule has 10 heteroatoms. The van der Waals surface area contributed by atoms with Crippen LogP contribution in [-0.2, 0) is 4.74 Å². The maximum Gasteiger partial charge on any atom is 0.415 e. The van der Waals surface area contributed by atoms with Crippen molar-refractivity contribution in [2.24, 2.45) is 0 Å². The van der Waals surface area contributed by atoms with E-state index < -0.39 is 53.2 Å². The van der Waals surface area contributed by atoms with E-state index in [1.165, 1.54) is 39.1 Å². The zero-order chi connectivity index (χ0) is 21.1. The molecule has 0 spiro atoms. The van der Waals surface area contributed by atoms with Crippen LogP contribution >= 0.6 is 0 Å². The third-order valence-electron chi connectivity index (χ3n) is 4.70. The van der Waals surface area contributed by atoms with Crippen molar-refractivity contribution < 1.29 is 35.9 Å². The van der Waals surface area contributed by atoms with E-state index in [0.717, 1.165) is 0 Å². The zero-order valence-corrected chi connectivity index (χ0v) is 15.2. The number of amides is 1. The maximum atomic E-state index is 13.7. The minimum absolute atomic E-state index is 0.200. The molecule has 1 aromatic heterocycles. The number of ether oxygens (including phenoxy) is 1. The summed E-state index contributed by atoms with van der Waals surface area (Å²) in [4.78, 5) is 17.1. The van der Waals surface area contributed by atoms with Crippen molar-refractivity contribution in [2.45, 2.75) is 63.1 Å². The third kappa shape index (κ3) is 3.56. The molecule has 154 valence electrons. The average molecular weight is 408 g/mol. The van der Waals surface area contributed by atoms with Crippen LogP contribution in [0.15, 0.2) is 35.5 Å². The summed E-state index contributed by atoms with van der Waals surface area (Å²) >= 11 is 0. The Labute approximate surface area is 157 Å². The van der Waals surface area contributed by atoms with Gasteiger partial charge in [0.2, 0.25) is 0 Å². The van der Waals surface area contributed by atoms with Crippen LogP contribution in [0.5, 0.6) is 0 Å². The molecule has 1 aromatic rings. The fourth-order valence-electron chi connectivity index (χ4n) is 3.90. The highest BCUT2D eigenvalue weighted by Gasteiger charge is 2.66. The fraction of sp³-hybridized carbons (Fsp3) is 0.556. The summed E-state index contributed by atoms with van der Waals surface area (Å²) in [5.41, 5.74) is -4.33. The quantitative estimate of drug-likeness (QED) is 0.486. The van der Waals surface area contributed by atoms with Crippen molar-refractivity contribution in [2.75, 3.05) is 0 Å². The summed E-state index contributed by atoms with van der Waals surface area (Å²) in [6.45, 7) is 4.46. The summed E-state index contributed by atoms with van der Waals surface area (Å²) in [6, 6.07) is 0.910. The predicted octanol–water partition coefficient (Wildman–Crippen LogP) is 4.98. The van der Waals surface area contributed by atoms with Crippen molar-refractivity contribution in [3.05, 3.63) is 41.2 Å². The number of pyridine rings is 1. The monoisotopic (exact) mass is 408 g/mol. The van der Waals surface area contributed by atoms with E-state index in [1.807, 2.05) is 0 Å². The minimum atomic E-state index is -5.25. The molecule has 1 amide bonds. The first-order valence-electron chi connectivity index (χ1n) is 8.52. The lowest BCUT2D eigenvalue weighted by atomic mass is 9.81. The molecule has 0 N–H and O–H groups in total. The third-order valence-corrected chi connectivity index (χ3v) is 4.70. The number of hydrogen-bond acceptors (Lipinski definition) is 3. The molecule has 0 aromatic carbocycles. The Balaban J connectivity index is 2.14. The lowest BCUT2D eigenvalue weighted by Gasteiger charge is -2.30. The van der Waals surface area contributed by atoms with Crippen molar-refractivity contribution in [3.8, 4) is 0 Å². The molecule has 0 aliphatic carbocycles. The van der Waals surface area contributed by atoms with Gasteiger partial charge in [-0.25, -0.2) is 4.79 Å². The number of fused-ring (bicyclic) bond motifs is 2. The predicted molar refractivity (Wildman–Crippen MR) is 86.4 cm³/mol. The Morgan fingerprint density at radius 2 is 1.68 bits per heavy atom. The van der Waals surface area contributed by atoms with Crippen molar-refractivity contribution in [3.63, 3.8) is 0 Å². The molecule has 1 fully saturated rings. The van der Waals surface area contributed by atoms with E-state index in [9.17, 15) is 31.1 Å². The van der Waals surface area contributed by atoms with Crippen LogP contribution in [0.25, 0.3) is 0 Å². The van der Waals surface area contributed by atoms with Crippen LogP contribution < -0.4 is 0 Å². The molecule has 2 aliphatic heterocycles. The molecular formula is C18H18F6N2O2. The average Bonchev–Trinajstić information content (AvgIpc) is 3.06. The first kappa shape index (κ1) is 20.5. The van der Waals surface area contributed by atoms with E-state index in [4.69, 9.17) is 4.74 Å². The van der Waals surface area contributed by atoms with Crippen LogP contribution in [0, 0.1) is 0 Å². The van der Waals surface area contributed by atoms with E-state index in [1.54, 1.807) is 6.07 Å². The van der Waals surface area contributed by atoms with Crippen LogP contribution in [0.4, 0.5) is 31.1 Å². The number of hydrogen-bond donors (Lipinski definition) is 0. The van der Waals surface area contributed by atoms with Crippen LogP contribution in [-0.4, -0.2) is 46.0 Å². The van der Waals surface area contributed by atoms with E-state index in [2.05, 4.69) is 4.98 Å². The van der Waals surface area contributed by atoms with Gasteiger partial charge in [-0.05, 0) is 39.3 Å². The van der Waals surface area contributed by atoms with Gasteiger partial charge in [0.05, 0.1) is 23.2 Å². The standard InChI is InChI=1S/C18H18F6N2O2/c1-16(2,3)28-15(27)26-11-8-9(10-6-4-5-7-25-10)14(26)13(18(22,23)24)12(11)17(19,20)21/h4-7,9,11,14H,8H2,1-3H3. The zero-order valence-electron chi connectivity index (χ0n) is 15.2. The molecular weight excluding hydrogens is 390 g/mol. The van der Waals surface area contributed by atoms with Gasteiger partial charge in [-0.2, -0.15) is 26.3 Å². The fourth-order valence-corrected chi connectivity index (χ4v) is 3.90. The highest BCUT2D eigenvalue weighted by atomic mass is 19.4. The van der Waals surface area contributed by atoms with E-state index >= 15 is 0 Å². The number of halogens is 6. The molecule has 0 radical (unpaired) electrons. The van der Waals surface area contributed by atoms with E-state index in [-0.39, 0.29) is 12.1 Å². The van der Waals surface area contributed by atoms with Gasteiger partial charge in [-0.3, -0.25) is 9.88 Å². The maximum absolute atomic E-state index is 13.7. The Morgan fingerprint density at radius 1 is 1.07 bits per heavy atom. The first-order chi connectivity index (χ1) is 12.7. The second kappa shape index (κ2) is 6.38. The number of aromatic nitrogens is 1. The smallest absolute Gasteiger partial charge is 0.415 e. The number of alkyl halides is 6. The second-order valence-electron chi connectivity index (χ2n) is 7.77. The number of nitrogens with zero attached hydrogens (tertiary/aromatic N) is 2. The number of rotatable bonds is 1. The van der Waals surface area contributed by atoms with Crippen LogP contribution in [0.2, 0.25) is 0 Å².